The van der Waals surface area contributed by atoms with Gasteiger partial charge in [-0.1, -0.05) is 24.3 Å². The molecule has 0 atom stereocenters. The van der Waals surface area contributed by atoms with Crippen molar-refractivity contribution in [2.45, 2.75) is 33.0 Å². The van der Waals surface area contributed by atoms with E-state index in [-0.39, 0.29) is 24.4 Å². The molecule has 0 aliphatic rings. The molecule has 0 aliphatic carbocycles. The van der Waals surface area contributed by atoms with Gasteiger partial charge in [-0.25, -0.2) is 12.8 Å². The summed E-state index contributed by atoms with van der Waals surface area (Å²) in [6, 6.07) is 19.5. The minimum atomic E-state index is -3.59. The topological polar surface area (TPSA) is 75.7 Å². The van der Waals surface area contributed by atoms with Crippen LogP contribution in [0.15, 0.2) is 72.8 Å². The molecule has 0 bridgehead atoms. The average Bonchev–Trinajstić information content (AvgIpc) is 2.76. The predicted octanol–water partition coefficient (Wildman–Crippen LogP) is 4.51. The molecule has 3 aromatic rings. The average molecular weight is 471 g/mol. The van der Waals surface area contributed by atoms with Gasteiger partial charge in [-0.05, 0) is 73.5 Å². The molecule has 3 rings (SSSR count). The first-order valence-electron chi connectivity index (χ1n) is 10.5. The van der Waals surface area contributed by atoms with Crippen molar-refractivity contribution in [2.24, 2.45) is 0 Å². The van der Waals surface area contributed by atoms with Crippen LogP contribution in [0.5, 0.6) is 5.75 Å². The molecule has 0 fully saturated rings. The number of anilines is 1. The monoisotopic (exact) mass is 470 g/mol. The Kier molecular flexibility index (Phi) is 7.71. The molecule has 0 saturated heterocycles. The Morgan fingerprint density at radius 2 is 1.67 bits per heavy atom. The molecule has 0 spiro atoms. The Bertz CT molecular complexity index is 1190. The van der Waals surface area contributed by atoms with Crippen LogP contribution in [0.1, 0.15) is 35.3 Å². The van der Waals surface area contributed by atoms with Crippen LogP contribution in [0.2, 0.25) is 0 Å². The standard InChI is InChI=1S/C25H27FN2O4S/c1-18(2)32-24-6-4-5-20(15-24)16-27-25(29)21-9-13-23(14-10-21)28(33(3,30)31)17-19-7-11-22(26)12-8-19/h4-15,18H,16-17H2,1-3H3,(H,27,29). The van der Waals surface area contributed by atoms with Crippen molar-refractivity contribution in [1.29, 1.82) is 0 Å². The predicted molar refractivity (Wildman–Crippen MR) is 127 cm³/mol. The van der Waals surface area contributed by atoms with E-state index >= 15 is 0 Å². The zero-order chi connectivity index (χ0) is 24.0. The highest BCUT2D eigenvalue weighted by Gasteiger charge is 2.18. The van der Waals surface area contributed by atoms with Gasteiger partial charge in [0.25, 0.3) is 5.91 Å². The van der Waals surface area contributed by atoms with Gasteiger partial charge < -0.3 is 10.1 Å². The van der Waals surface area contributed by atoms with Crippen molar-refractivity contribution in [2.75, 3.05) is 10.6 Å². The summed E-state index contributed by atoms with van der Waals surface area (Å²) < 4.78 is 44.7. The first-order valence-corrected chi connectivity index (χ1v) is 12.3. The van der Waals surface area contributed by atoms with Gasteiger partial charge in [0, 0.05) is 12.1 Å². The first kappa shape index (κ1) is 24.3. The van der Waals surface area contributed by atoms with E-state index in [1.807, 2.05) is 38.1 Å². The lowest BCUT2D eigenvalue weighted by atomic mass is 10.1. The van der Waals surface area contributed by atoms with Crippen molar-refractivity contribution in [1.82, 2.24) is 5.32 Å². The van der Waals surface area contributed by atoms with E-state index in [2.05, 4.69) is 5.32 Å². The number of nitrogens with zero attached hydrogens (tertiary/aromatic N) is 1. The SMILES string of the molecule is CC(C)Oc1cccc(CNC(=O)c2ccc(N(Cc3ccc(F)cc3)S(C)(=O)=O)cc2)c1. The van der Waals surface area contributed by atoms with Gasteiger partial charge in [-0.15, -0.1) is 0 Å². The molecule has 6 nitrogen and oxygen atoms in total. The Hall–Kier alpha value is -3.39. The number of amides is 1. The third-order valence-corrected chi connectivity index (χ3v) is 5.92. The molecule has 0 radical (unpaired) electrons. The van der Waals surface area contributed by atoms with Crippen molar-refractivity contribution < 1.29 is 22.3 Å². The lowest BCUT2D eigenvalue weighted by Crippen LogP contribution is -2.29. The van der Waals surface area contributed by atoms with Crippen LogP contribution < -0.4 is 14.4 Å². The van der Waals surface area contributed by atoms with Crippen LogP contribution in [0.3, 0.4) is 0 Å². The Balaban J connectivity index is 1.68. The van der Waals surface area contributed by atoms with E-state index in [0.29, 0.717) is 23.4 Å². The van der Waals surface area contributed by atoms with Crippen molar-refractivity contribution >= 4 is 21.6 Å². The van der Waals surface area contributed by atoms with Crippen LogP contribution in [0.4, 0.5) is 10.1 Å². The van der Waals surface area contributed by atoms with Crippen molar-refractivity contribution in [3.63, 3.8) is 0 Å². The zero-order valence-corrected chi connectivity index (χ0v) is 19.6. The number of hydrogen-bond acceptors (Lipinski definition) is 4. The summed E-state index contributed by atoms with van der Waals surface area (Å²) in [5, 5.41) is 2.86. The van der Waals surface area contributed by atoms with Gasteiger partial charge in [0.1, 0.15) is 11.6 Å². The van der Waals surface area contributed by atoms with E-state index in [1.165, 1.54) is 28.6 Å². The van der Waals surface area contributed by atoms with Crippen LogP contribution in [-0.4, -0.2) is 26.7 Å². The normalized spacial score (nSPS) is 11.3. The van der Waals surface area contributed by atoms with Gasteiger partial charge >= 0.3 is 0 Å². The Morgan fingerprint density at radius 3 is 2.27 bits per heavy atom. The van der Waals surface area contributed by atoms with Crippen molar-refractivity contribution in [3.8, 4) is 5.75 Å². The molecule has 174 valence electrons. The number of rotatable bonds is 9. The molecular formula is C25H27FN2O4S. The van der Waals surface area contributed by atoms with Gasteiger partial charge in [-0.2, -0.15) is 0 Å². The van der Waals surface area contributed by atoms with Gasteiger partial charge in [-0.3, -0.25) is 9.10 Å². The molecule has 3 aromatic carbocycles. The second-order valence-corrected chi connectivity index (χ2v) is 9.85. The number of sulfonamides is 1. The highest BCUT2D eigenvalue weighted by atomic mass is 32.2. The van der Waals surface area contributed by atoms with Crippen LogP contribution >= 0.6 is 0 Å². The van der Waals surface area contributed by atoms with Crippen LogP contribution in [0, 0.1) is 5.82 Å². The highest BCUT2D eigenvalue weighted by molar-refractivity contribution is 7.92. The second-order valence-electron chi connectivity index (χ2n) is 7.94. The number of carbonyl (C=O) groups excluding carboxylic acids is 1. The first-order chi connectivity index (χ1) is 15.6. The summed E-state index contributed by atoms with van der Waals surface area (Å²) in [6.07, 6.45) is 1.16. The second kappa shape index (κ2) is 10.5. The summed E-state index contributed by atoms with van der Waals surface area (Å²) in [5.74, 6) is 0.0727. The molecular weight excluding hydrogens is 443 g/mol. The lowest BCUT2D eigenvalue weighted by Gasteiger charge is -2.22. The van der Waals surface area contributed by atoms with Crippen LogP contribution in [0.25, 0.3) is 0 Å². The maximum atomic E-state index is 13.2. The van der Waals surface area contributed by atoms with E-state index in [4.69, 9.17) is 4.74 Å². The maximum Gasteiger partial charge on any atom is 0.251 e. The zero-order valence-electron chi connectivity index (χ0n) is 18.8. The number of nitrogens with one attached hydrogen (secondary N) is 1. The molecule has 0 aliphatic heterocycles. The van der Waals surface area contributed by atoms with E-state index in [1.54, 1.807) is 24.3 Å². The maximum absolute atomic E-state index is 13.2. The minimum Gasteiger partial charge on any atom is -0.491 e. The van der Waals surface area contributed by atoms with Crippen LogP contribution in [-0.2, 0) is 23.1 Å². The quantitative estimate of drug-likeness (QED) is 0.499. The smallest absolute Gasteiger partial charge is 0.251 e. The molecule has 33 heavy (non-hydrogen) atoms. The van der Waals surface area contributed by atoms with E-state index < -0.39 is 10.0 Å². The summed E-state index contributed by atoms with van der Waals surface area (Å²) in [4.78, 5) is 12.6. The van der Waals surface area contributed by atoms with E-state index in [9.17, 15) is 17.6 Å². The number of hydrogen-bond donors (Lipinski definition) is 1. The van der Waals surface area contributed by atoms with Gasteiger partial charge in [0.05, 0.1) is 24.6 Å². The number of halogens is 1. The molecule has 0 saturated carbocycles. The summed E-state index contributed by atoms with van der Waals surface area (Å²) in [6.45, 7) is 4.28. The summed E-state index contributed by atoms with van der Waals surface area (Å²) >= 11 is 0. The number of benzene rings is 3. The minimum absolute atomic E-state index is 0.0550. The fourth-order valence-electron chi connectivity index (χ4n) is 3.22. The van der Waals surface area contributed by atoms with E-state index in [0.717, 1.165) is 17.6 Å². The third-order valence-electron chi connectivity index (χ3n) is 4.78. The van der Waals surface area contributed by atoms with Gasteiger partial charge in [0.15, 0.2) is 0 Å². The summed E-state index contributed by atoms with van der Waals surface area (Å²) in [7, 11) is -3.59. The number of ether oxygens (including phenoxy) is 1. The fourth-order valence-corrected chi connectivity index (χ4v) is 4.11. The molecule has 1 N–H and O–H groups in total. The summed E-state index contributed by atoms with van der Waals surface area (Å²) in [5.41, 5.74) is 2.37. The Labute approximate surface area is 194 Å². The molecule has 8 heteroatoms. The van der Waals surface area contributed by atoms with Crippen molar-refractivity contribution in [3.05, 3.63) is 95.3 Å². The largest absolute Gasteiger partial charge is 0.491 e. The fraction of sp³-hybridized carbons (Fsp3) is 0.240. The molecule has 1 amide bonds. The Morgan fingerprint density at radius 1 is 1.00 bits per heavy atom. The lowest BCUT2D eigenvalue weighted by molar-refractivity contribution is 0.0951. The highest BCUT2D eigenvalue weighted by Crippen LogP contribution is 2.22. The van der Waals surface area contributed by atoms with Gasteiger partial charge in [0.2, 0.25) is 10.0 Å². The number of carbonyl (C=O) groups is 1. The third kappa shape index (κ3) is 7.05. The molecule has 0 aromatic heterocycles. The molecule has 0 unspecified atom stereocenters. The molecule has 0 heterocycles.